The molecule has 22 heavy (non-hydrogen) atoms. The number of non-ortho nitro benzene ring substituents is 1. The van der Waals surface area contributed by atoms with E-state index in [0.717, 1.165) is 25.3 Å². The Kier molecular flexibility index (Phi) is 7.09. The van der Waals surface area contributed by atoms with Crippen molar-refractivity contribution in [1.29, 1.82) is 0 Å². The number of methoxy groups -OCH3 is 1. The Morgan fingerprint density at radius 2 is 2.05 bits per heavy atom. The number of rotatable bonds is 7. The summed E-state index contributed by atoms with van der Waals surface area (Å²) in [5, 5.41) is 10.6. The molecule has 0 aromatic heterocycles. The van der Waals surface area contributed by atoms with Crippen molar-refractivity contribution in [2.75, 3.05) is 20.2 Å². The van der Waals surface area contributed by atoms with Crippen LogP contribution in [-0.4, -0.2) is 39.5 Å². The zero-order valence-corrected chi connectivity index (χ0v) is 12.9. The van der Waals surface area contributed by atoms with Crippen molar-refractivity contribution in [1.82, 2.24) is 4.72 Å². The van der Waals surface area contributed by atoms with Crippen LogP contribution >= 0.6 is 12.4 Å². The first-order valence-corrected chi connectivity index (χ1v) is 7.01. The lowest BCUT2D eigenvalue weighted by Gasteiger charge is -2.15. The molecule has 1 aromatic rings. The minimum absolute atomic E-state index is 0. The van der Waals surface area contributed by atoms with E-state index in [9.17, 15) is 27.3 Å². The van der Waals surface area contributed by atoms with Gasteiger partial charge in [-0.05, 0) is 6.07 Å². The maximum absolute atomic E-state index is 13.0. The first-order valence-electron chi connectivity index (χ1n) is 5.53. The molecule has 0 spiro atoms. The summed E-state index contributed by atoms with van der Waals surface area (Å²) in [6.45, 7) is -2.21. The molecule has 0 unspecified atom stereocenters. The number of sulfonamides is 1. The Morgan fingerprint density at radius 3 is 2.50 bits per heavy atom. The quantitative estimate of drug-likeness (QED) is 0.549. The van der Waals surface area contributed by atoms with Gasteiger partial charge in [-0.15, -0.1) is 12.4 Å². The van der Waals surface area contributed by atoms with Gasteiger partial charge in [0.2, 0.25) is 10.0 Å². The number of nitro groups is 1. The Labute approximate surface area is 131 Å². The van der Waals surface area contributed by atoms with Crippen LogP contribution in [0.25, 0.3) is 0 Å². The van der Waals surface area contributed by atoms with Gasteiger partial charge in [-0.25, -0.2) is 21.9 Å². The molecule has 0 heterocycles. The van der Waals surface area contributed by atoms with E-state index >= 15 is 0 Å². The number of nitrogens with one attached hydrogen (secondary N) is 1. The predicted molar refractivity (Wildman–Crippen MR) is 76.1 cm³/mol. The van der Waals surface area contributed by atoms with Crippen molar-refractivity contribution < 1.29 is 26.9 Å². The maximum atomic E-state index is 13.0. The topological polar surface area (TPSA) is 125 Å². The van der Waals surface area contributed by atoms with Gasteiger partial charge in [0, 0.05) is 6.07 Å². The van der Waals surface area contributed by atoms with Crippen molar-refractivity contribution in [2.45, 2.75) is 10.8 Å². The molecule has 0 saturated carbocycles. The van der Waals surface area contributed by atoms with Gasteiger partial charge in [0.1, 0.15) is 10.6 Å². The zero-order chi connectivity index (χ0) is 16.3. The van der Waals surface area contributed by atoms with Crippen molar-refractivity contribution in [3.63, 3.8) is 0 Å². The number of hydrogen-bond acceptors (Lipinski definition) is 6. The molecule has 0 aliphatic rings. The zero-order valence-electron chi connectivity index (χ0n) is 11.3. The van der Waals surface area contributed by atoms with Gasteiger partial charge in [0.25, 0.3) is 11.6 Å². The van der Waals surface area contributed by atoms with E-state index in [4.69, 9.17) is 10.5 Å². The lowest BCUT2D eigenvalue weighted by Crippen LogP contribution is -2.41. The van der Waals surface area contributed by atoms with Crippen LogP contribution in [0.2, 0.25) is 0 Å². The van der Waals surface area contributed by atoms with Crippen molar-refractivity contribution in [3.05, 3.63) is 28.3 Å². The van der Waals surface area contributed by atoms with Crippen molar-refractivity contribution >= 4 is 28.1 Å². The summed E-state index contributed by atoms with van der Waals surface area (Å²) in [6.07, 6.45) is 0. The van der Waals surface area contributed by atoms with E-state index in [0.29, 0.717) is 0 Å². The molecule has 0 fully saturated rings. The van der Waals surface area contributed by atoms with E-state index in [1.54, 1.807) is 4.72 Å². The fourth-order valence-corrected chi connectivity index (χ4v) is 2.55. The number of benzene rings is 1. The van der Waals surface area contributed by atoms with Gasteiger partial charge in [-0.2, -0.15) is 0 Å². The number of alkyl halides is 2. The summed E-state index contributed by atoms with van der Waals surface area (Å²) in [6, 6.07) is 2.72. The lowest BCUT2D eigenvalue weighted by molar-refractivity contribution is -0.385. The summed E-state index contributed by atoms with van der Waals surface area (Å²) < 4.78 is 56.2. The van der Waals surface area contributed by atoms with Crippen molar-refractivity contribution in [2.24, 2.45) is 5.73 Å². The second-order valence-electron chi connectivity index (χ2n) is 3.98. The molecule has 0 bridgehead atoms. The fourth-order valence-electron chi connectivity index (χ4n) is 1.34. The normalized spacial score (nSPS) is 11.6. The second kappa shape index (κ2) is 7.63. The highest BCUT2D eigenvalue weighted by molar-refractivity contribution is 7.89. The number of nitrogens with zero attached hydrogens (tertiary/aromatic N) is 1. The van der Waals surface area contributed by atoms with Crippen LogP contribution < -0.4 is 15.2 Å². The van der Waals surface area contributed by atoms with E-state index < -0.39 is 44.5 Å². The number of ether oxygens (including phenoxy) is 1. The third kappa shape index (κ3) is 5.02. The van der Waals surface area contributed by atoms with Crippen LogP contribution in [0.3, 0.4) is 0 Å². The van der Waals surface area contributed by atoms with E-state index in [1.165, 1.54) is 0 Å². The standard InChI is InChI=1S/C10H13F2N3O5S.ClH/c1-20-8-4-7(15(16)17)2-3-9(8)21(18,19)14-6-10(11,12)5-13;/h2-4,14H,5-6,13H2,1H3;1H. The number of hydrogen-bond donors (Lipinski definition) is 2. The minimum Gasteiger partial charge on any atom is -0.495 e. The highest BCUT2D eigenvalue weighted by Crippen LogP contribution is 2.28. The molecule has 0 radical (unpaired) electrons. The molecule has 3 N–H and O–H groups in total. The van der Waals surface area contributed by atoms with Gasteiger partial charge >= 0.3 is 0 Å². The molecule has 0 atom stereocenters. The number of nitro benzene ring substituents is 1. The fraction of sp³-hybridized carbons (Fsp3) is 0.400. The van der Waals surface area contributed by atoms with Gasteiger partial charge < -0.3 is 10.5 Å². The van der Waals surface area contributed by atoms with Gasteiger partial charge in [0.05, 0.1) is 31.2 Å². The molecule has 12 heteroatoms. The second-order valence-corrected chi connectivity index (χ2v) is 5.71. The number of halogens is 3. The first kappa shape index (κ1) is 20.4. The Balaban J connectivity index is 0.00000441. The summed E-state index contributed by atoms with van der Waals surface area (Å²) in [7, 11) is -3.22. The monoisotopic (exact) mass is 361 g/mol. The molecule has 0 amide bonds. The summed E-state index contributed by atoms with van der Waals surface area (Å²) in [5.74, 6) is -3.73. The average molecular weight is 362 g/mol. The largest absolute Gasteiger partial charge is 0.495 e. The highest BCUT2D eigenvalue weighted by Gasteiger charge is 2.30. The summed E-state index contributed by atoms with van der Waals surface area (Å²) >= 11 is 0. The molecular formula is C10H14ClF2N3O5S. The third-order valence-corrected chi connectivity index (χ3v) is 3.91. The Bertz CT molecular complexity index is 641. The molecule has 8 nitrogen and oxygen atoms in total. The summed E-state index contributed by atoms with van der Waals surface area (Å²) in [5.41, 5.74) is 4.41. The SMILES string of the molecule is COc1cc([N+](=O)[O-])ccc1S(=O)(=O)NCC(F)(F)CN.Cl. The van der Waals surface area contributed by atoms with Crippen LogP contribution in [0.4, 0.5) is 14.5 Å². The molecule has 1 rings (SSSR count). The molecule has 1 aromatic carbocycles. The molecule has 0 saturated heterocycles. The molecular weight excluding hydrogens is 348 g/mol. The average Bonchev–Trinajstić information content (AvgIpc) is 2.44. The smallest absolute Gasteiger partial charge is 0.273 e. The molecule has 0 aliphatic carbocycles. The van der Waals surface area contributed by atoms with E-state index in [2.05, 4.69) is 0 Å². The first-order chi connectivity index (χ1) is 9.63. The van der Waals surface area contributed by atoms with Crippen LogP contribution in [0.1, 0.15) is 0 Å². The van der Waals surface area contributed by atoms with Crippen molar-refractivity contribution in [3.8, 4) is 5.75 Å². The summed E-state index contributed by atoms with van der Waals surface area (Å²) in [4.78, 5) is 9.37. The van der Waals surface area contributed by atoms with Crippen LogP contribution in [0.15, 0.2) is 23.1 Å². The minimum atomic E-state index is -4.32. The lowest BCUT2D eigenvalue weighted by atomic mass is 10.3. The Morgan fingerprint density at radius 1 is 1.45 bits per heavy atom. The van der Waals surface area contributed by atoms with Gasteiger partial charge in [-0.1, -0.05) is 0 Å². The van der Waals surface area contributed by atoms with E-state index in [-0.39, 0.29) is 18.2 Å². The number of nitrogens with two attached hydrogens (primary N) is 1. The van der Waals surface area contributed by atoms with Gasteiger partial charge in [0.15, 0.2) is 0 Å². The van der Waals surface area contributed by atoms with Gasteiger partial charge in [-0.3, -0.25) is 10.1 Å². The molecule has 0 aliphatic heterocycles. The van der Waals surface area contributed by atoms with Crippen LogP contribution in [0.5, 0.6) is 5.75 Å². The van der Waals surface area contributed by atoms with Crippen LogP contribution in [0, 0.1) is 10.1 Å². The third-order valence-electron chi connectivity index (χ3n) is 2.47. The maximum Gasteiger partial charge on any atom is 0.273 e. The predicted octanol–water partition coefficient (Wildman–Crippen LogP) is 0.897. The Hall–Kier alpha value is -1.56. The molecule has 126 valence electrons. The van der Waals surface area contributed by atoms with Crippen LogP contribution in [-0.2, 0) is 10.0 Å². The highest BCUT2D eigenvalue weighted by atomic mass is 35.5. The van der Waals surface area contributed by atoms with E-state index in [1.807, 2.05) is 0 Å².